The molecule has 1 aliphatic rings. The number of aliphatic hydroxyl groups excluding tert-OH is 4. The summed E-state index contributed by atoms with van der Waals surface area (Å²) in [6, 6.07) is 9.49. The molecule has 5 N–H and O–H groups in total. The van der Waals surface area contributed by atoms with Gasteiger partial charge in [0.2, 0.25) is 6.29 Å². The molecule has 0 bridgehead atoms. The molecule has 0 saturated carbocycles. The molecule has 0 aliphatic carbocycles. The first-order chi connectivity index (χ1) is 15.2. The van der Waals surface area contributed by atoms with E-state index in [4.69, 9.17) is 14.2 Å². The van der Waals surface area contributed by atoms with Gasteiger partial charge in [-0.2, -0.15) is 0 Å². The first-order valence-corrected chi connectivity index (χ1v) is 9.92. The van der Waals surface area contributed by atoms with Gasteiger partial charge in [0.25, 0.3) is 0 Å². The van der Waals surface area contributed by atoms with E-state index < -0.39 is 49.0 Å². The predicted octanol–water partition coefficient (Wildman–Crippen LogP) is -3.57. The zero-order chi connectivity index (χ0) is 23.4. The van der Waals surface area contributed by atoms with E-state index in [1.807, 2.05) is 12.1 Å². The Morgan fingerprint density at radius 2 is 1.70 bits per heavy atom. The molecule has 1 heterocycles. The van der Waals surface area contributed by atoms with Crippen molar-refractivity contribution < 1.29 is 79.2 Å². The van der Waals surface area contributed by atoms with E-state index in [2.05, 4.69) is 0 Å². The number of rotatable bonds is 8. The van der Waals surface area contributed by atoms with Crippen molar-refractivity contribution in [2.75, 3.05) is 13.7 Å². The molecule has 2 aromatic carbocycles. The molecule has 0 spiro atoms. The zero-order valence-electron chi connectivity index (χ0n) is 18.2. The maximum Gasteiger partial charge on any atom is 1.00 e. The third kappa shape index (κ3) is 6.37. The van der Waals surface area contributed by atoms with Gasteiger partial charge in [-0.15, -0.1) is 0 Å². The van der Waals surface area contributed by atoms with Crippen LogP contribution >= 0.6 is 0 Å². The molecule has 0 unspecified atom stereocenters. The van der Waals surface area contributed by atoms with Gasteiger partial charge in [0, 0.05) is 0 Å². The van der Waals surface area contributed by atoms with Gasteiger partial charge in [0.1, 0.15) is 35.9 Å². The number of benzene rings is 2. The van der Waals surface area contributed by atoms with Crippen LogP contribution in [0.4, 0.5) is 0 Å². The van der Waals surface area contributed by atoms with Gasteiger partial charge in [-0.1, -0.05) is 17.9 Å². The summed E-state index contributed by atoms with van der Waals surface area (Å²) in [6.45, 7) is -0.636. The maximum absolute atomic E-state index is 12.4. The van der Waals surface area contributed by atoms with E-state index in [1.54, 1.807) is 19.2 Å². The quantitative estimate of drug-likeness (QED) is 0.242. The van der Waals surface area contributed by atoms with Crippen LogP contribution in [-0.2, 0) is 17.6 Å². The summed E-state index contributed by atoms with van der Waals surface area (Å²) in [5.41, 5.74) is 0.731. The first-order valence-electron chi connectivity index (χ1n) is 9.92. The topological polar surface area (TPSA) is 169 Å². The normalized spacial score (nSPS) is 24.6. The average Bonchev–Trinajstić information content (AvgIpc) is 2.77. The Morgan fingerprint density at radius 3 is 2.27 bits per heavy atom. The fraction of sp³-hybridized carbons (Fsp3) is 0.409. The van der Waals surface area contributed by atoms with Crippen molar-refractivity contribution in [2.45, 2.75) is 43.5 Å². The van der Waals surface area contributed by atoms with E-state index >= 15 is 0 Å². The summed E-state index contributed by atoms with van der Waals surface area (Å²) in [7, 11) is 1.55. The van der Waals surface area contributed by atoms with Gasteiger partial charge in [0.15, 0.2) is 0 Å². The molecule has 0 amide bonds. The van der Waals surface area contributed by atoms with Crippen LogP contribution < -0.4 is 44.1 Å². The monoisotopic (exact) mass is 472 g/mol. The van der Waals surface area contributed by atoms with Crippen molar-refractivity contribution in [3.8, 4) is 17.2 Å². The summed E-state index contributed by atoms with van der Waals surface area (Å²) in [4.78, 5) is 11.6. The summed E-state index contributed by atoms with van der Waals surface area (Å²) >= 11 is 0. The molecular weight excluding hydrogens is 447 g/mol. The fourth-order valence-corrected chi connectivity index (χ4v) is 3.52. The van der Waals surface area contributed by atoms with Gasteiger partial charge >= 0.3 is 35.5 Å². The average molecular weight is 472 g/mol. The van der Waals surface area contributed by atoms with Gasteiger partial charge in [-0.3, -0.25) is 0 Å². The number of aliphatic hydroxyl groups is 4. The van der Waals surface area contributed by atoms with Crippen molar-refractivity contribution in [3.05, 3.63) is 53.1 Å². The van der Waals surface area contributed by atoms with Crippen LogP contribution in [0.15, 0.2) is 36.4 Å². The number of aromatic carboxylic acids is 1. The molecule has 2 aromatic rings. The number of carboxylic acids is 1. The van der Waals surface area contributed by atoms with Gasteiger partial charge < -0.3 is 44.8 Å². The number of hydrogen-bond donors (Lipinski definition) is 5. The Bertz CT molecular complexity index is 934. The molecule has 5 atom stereocenters. The zero-order valence-corrected chi connectivity index (χ0v) is 20.2. The van der Waals surface area contributed by atoms with Crippen LogP contribution in [-0.4, -0.2) is 75.9 Å². The van der Waals surface area contributed by atoms with Crippen molar-refractivity contribution in [1.29, 1.82) is 0 Å². The standard InChI is InChI=1S/C22H26O10.Na/c1-30-13-6-3-11(4-7-13)2-5-12-8-14(9-15(24)17(12)21(28)29)31-22-20(27)19(26)18(25)16(10-23)32-22;/h3-4,6-9,16,18-20,22-27H,2,5,10H2,1H3,(H,28,29);/q;+1/p-1/t16-,18-,19+,20-,22-;/m1./s1. The Kier molecular flexibility index (Phi) is 9.95. The Labute approximate surface area is 212 Å². The Balaban J connectivity index is 0.00000385. The predicted molar refractivity (Wildman–Crippen MR) is 108 cm³/mol. The molecule has 0 aromatic heterocycles. The summed E-state index contributed by atoms with van der Waals surface area (Å²) in [5.74, 6) is -1.56. The second-order valence-electron chi connectivity index (χ2n) is 7.42. The molecule has 11 heteroatoms. The first kappa shape index (κ1) is 27.4. The minimum absolute atomic E-state index is 0. The van der Waals surface area contributed by atoms with Crippen LogP contribution in [0.25, 0.3) is 0 Å². The molecule has 1 fully saturated rings. The summed E-state index contributed by atoms with van der Waals surface area (Å²) in [6.07, 6.45) is -6.88. The third-order valence-electron chi connectivity index (χ3n) is 5.31. The number of hydrogen-bond acceptors (Lipinski definition) is 9. The second-order valence-corrected chi connectivity index (χ2v) is 7.42. The smallest absolute Gasteiger partial charge is 0.872 e. The van der Waals surface area contributed by atoms with E-state index in [9.17, 15) is 35.4 Å². The maximum atomic E-state index is 12.4. The molecule has 33 heavy (non-hydrogen) atoms. The molecule has 3 rings (SSSR count). The third-order valence-corrected chi connectivity index (χ3v) is 5.31. The summed E-state index contributed by atoms with van der Waals surface area (Å²) < 4.78 is 15.9. The van der Waals surface area contributed by atoms with Crippen molar-refractivity contribution >= 4 is 5.97 Å². The van der Waals surface area contributed by atoms with Crippen molar-refractivity contribution in [3.63, 3.8) is 0 Å². The van der Waals surface area contributed by atoms with Crippen molar-refractivity contribution in [2.24, 2.45) is 0 Å². The molecule has 1 saturated heterocycles. The van der Waals surface area contributed by atoms with Crippen LogP contribution in [0.5, 0.6) is 17.2 Å². The molecule has 1 aliphatic heterocycles. The van der Waals surface area contributed by atoms with Crippen LogP contribution in [0.3, 0.4) is 0 Å². The van der Waals surface area contributed by atoms with Crippen LogP contribution in [0, 0.1) is 0 Å². The summed E-state index contributed by atoms with van der Waals surface area (Å²) in [5, 5.41) is 61.1. The van der Waals surface area contributed by atoms with E-state index in [-0.39, 0.29) is 52.9 Å². The Morgan fingerprint density at radius 1 is 1.03 bits per heavy atom. The van der Waals surface area contributed by atoms with Gasteiger partial charge in [-0.25, -0.2) is 4.79 Å². The molecule has 10 nitrogen and oxygen atoms in total. The number of carbonyl (C=O) groups is 1. The van der Waals surface area contributed by atoms with E-state index in [0.717, 1.165) is 11.6 Å². The van der Waals surface area contributed by atoms with Gasteiger partial charge in [-0.05, 0) is 48.2 Å². The molecule has 174 valence electrons. The minimum Gasteiger partial charge on any atom is -0.872 e. The SMILES string of the molecule is COc1ccc(CCc2cc(O[C@@H]3O[C@H](CO)[C@@H](O)[C@H](O)[C@H]3O)cc([O-])c2C(=O)O)cc1.[Na+]. The van der Waals surface area contributed by atoms with Crippen molar-refractivity contribution in [1.82, 2.24) is 0 Å². The number of ether oxygens (including phenoxy) is 3. The minimum atomic E-state index is -1.66. The van der Waals surface area contributed by atoms with Gasteiger partial charge in [0.05, 0.1) is 19.3 Å². The molecular formula is C22H25NaO10. The van der Waals surface area contributed by atoms with E-state index in [1.165, 1.54) is 6.07 Å². The second kappa shape index (κ2) is 12.0. The Hall–Kier alpha value is -1.89. The molecule has 0 radical (unpaired) electrons. The largest absolute Gasteiger partial charge is 1.00 e. The number of aryl methyl sites for hydroxylation is 2. The number of carboxylic acid groups (broad SMARTS) is 1. The number of methoxy groups -OCH3 is 1. The van der Waals surface area contributed by atoms with Crippen LogP contribution in [0.1, 0.15) is 21.5 Å². The fourth-order valence-electron chi connectivity index (χ4n) is 3.52. The van der Waals surface area contributed by atoms with E-state index in [0.29, 0.717) is 12.2 Å². The van der Waals surface area contributed by atoms with Crippen LogP contribution in [0.2, 0.25) is 0 Å².